The van der Waals surface area contributed by atoms with Gasteiger partial charge in [-0.1, -0.05) is 29.8 Å². The molecule has 0 spiro atoms. The lowest BCUT2D eigenvalue weighted by molar-refractivity contribution is 0.582. The highest BCUT2D eigenvalue weighted by molar-refractivity contribution is 6.33. The fourth-order valence-corrected chi connectivity index (χ4v) is 1.92. The first kappa shape index (κ1) is 11.9. The number of halogens is 2. The first-order valence-electron chi connectivity index (χ1n) is 5.58. The molecule has 0 bridgehead atoms. The quantitative estimate of drug-likeness (QED) is 0.703. The molecule has 0 saturated heterocycles. The average Bonchev–Trinajstić information content (AvgIpc) is 2.89. The summed E-state index contributed by atoms with van der Waals surface area (Å²) in [5.41, 5.74) is 1.19. The third-order valence-corrected chi connectivity index (χ3v) is 2.93. The Labute approximate surface area is 113 Å². The van der Waals surface area contributed by atoms with E-state index in [0.717, 1.165) is 0 Å². The van der Waals surface area contributed by atoms with E-state index in [0.29, 0.717) is 22.0 Å². The summed E-state index contributed by atoms with van der Waals surface area (Å²) in [6, 6.07) is 13.1. The van der Waals surface area contributed by atoms with Gasteiger partial charge < -0.3 is 4.42 Å². The topological polar surface area (TPSA) is 38.9 Å². The second-order valence-electron chi connectivity index (χ2n) is 3.90. The zero-order chi connectivity index (χ0) is 13.2. The van der Waals surface area contributed by atoms with Gasteiger partial charge in [-0.25, -0.2) is 4.39 Å². The third kappa shape index (κ3) is 2.35. The molecule has 3 nitrogen and oxygen atoms in total. The molecule has 19 heavy (non-hydrogen) atoms. The maximum absolute atomic E-state index is 13.1. The van der Waals surface area contributed by atoms with Crippen LogP contribution >= 0.6 is 11.6 Å². The lowest BCUT2D eigenvalue weighted by Gasteiger charge is -1.97. The molecular weight excluding hydrogens is 267 g/mol. The minimum atomic E-state index is -0.352. The van der Waals surface area contributed by atoms with Crippen molar-refractivity contribution in [2.24, 2.45) is 0 Å². The number of hydrogen-bond acceptors (Lipinski definition) is 3. The molecule has 0 radical (unpaired) electrons. The number of rotatable bonds is 2. The Kier molecular flexibility index (Phi) is 3.01. The van der Waals surface area contributed by atoms with E-state index in [4.69, 9.17) is 16.0 Å². The van der Waals surface area contributed by atoms with Gasteiger partial charge in [-0.05, 0) is 30.3 Å². The predicted octanol–water partition coefficient (Wildman–Crippen LogP) is 4.20. The summed E-state index contributed by atoms with van der Waals surface area (Å²) in [5.74, 6) is 0.217. The van der Waals surface area contributed by atoms with Crippen LogP contribution in [0, 0.1) is 5.82 Å². The largest absolute Gasteiger partial charge is 0.416 e. The molecule has 3 rings (SSSR count). The normalized spacial score (nSPS) is 10.6. The van der Waals surface area contributed by atoms with E-state index < -0.39 is 0 Å². The van der Waals surface area contributed by atoms with Crippen LogP contribution in [0.2, 0.25) is 5.02 Å². The van der Waals surface area contributed by atoms with Crippen LogP contribution in [0.5, 0.6) is 0 Å². The highest BCUT2D eigenvalue weighted by atomic mass is 35.5. The molecule has 0 amide bonds. The van der Waals surface area contributed by atoms with E-state index in [-0.39, 0.29) is 11.7 Å². The first-order chi connectivity index (χ1) is 9.24. The maximum atomic E-state index is 13.1. The van der Waals surface area contributed by atoms with Crippen LogP contribution in [-0.4, -0.2) is 10.2 Å². The smallest absolute Gasteiger partial charge is 0.249 e. The fourth-order valence-electron chi connectivity index (χ4n) is 1.70. The molecule has 94 valence electrons. The summed E-state index contributed by atoms with van der Waals surface area (Å²) < 4.78 is 18.7. The number of benzene rings is 2. The van der Waals surface area contributed by atoms with Crippen LogP contribution in [-0.2, 0) is 0 Å². The van der Waals surface area contributed by atoms with Gasteiger partial charge in [-0.15, -0.1) is 10.2 Å². The van der Waals surface area contributed by atoms with E-state index in [9.17, 15) is 4.39 Å². The fraction of sp³-hybridized carbons (Fsp3) is 0. The van der Waals surface area contributed by atoms with E-state index in [1.807, 2.05) is 12.1 Å². The zero-order valence-electron chi connectivity index (χ0n) is 9.68. The Bertz CT molecular complexity index is 727. The summed E-state index contributed by atoms with van der Waals surface area (Å²) in [5, 5.41) is 8.36. The van der Waals surface area contributed by atoms with Crippen LogP contribution in [0.1, 0.15) is 0 Å². The van der Waals surface area contributed by atoms with Crippen LogP contribution in [0.25, 0.3) is 22.9 Å². The van der Waals surface area contributed by atoms with Crippen molar-refractivity contribution >= 4 is 11.6 Å². The Morgan fingerprint density at radius 3 is 2.53 bits per heavy atom. The highest BCUT2D eigenvalue weighted by Gasteiger charge is 2.12. The van der Waals surface area contributed by atoms with Gasteiger partial charge in [0.2, 0.25) is 11.8 Å². The van der Waals surface area contributed by atoms with Crippen molar-refractivity contribution < 1.29 is 8.81 Å². The molecular formula is C14H8ClFN2O. The van der Waals surface area contributed by atoms with E-state index >= 15 is 0 Å². The van der Waals surface area contributed by atoms with Crippen LogP contribution in [0.4, 0.5) is 4.39 Å². The molecule has 0 fully saturated rings. The molecule has 0 aliphatic rings. The molecule has 0 atom stereocenters. The Hall–Kier alpha value is -2.20. The molecule has 2 aromatic carbocycles. The average molecular weight is 275 g/mol. The molecule has 1 heterocycles. The SMILES string of the molecule is Fc1cccc(-c2nnc(-c3ccccc3Cl)o2)c1. The minimum absolute atomic E-state index is 0.259. The van der Waals surface area contributed by atoms with Gasteiger partial charge in [0.15, 0.2) is 0 Å². The van der Waals surface area contributed by atoms with E-state index in [1.54, 1.807) is 24.3 Å². The first-order valence-corrected chi connectivity index (χ1v) is 5.96. The third-order valence-electron chi connectivity index (χ3n) is 2.60. The second-order valence-corrected chi connectivity index (χ2v) is 4.31. The molecule has 0 N–H and O–H groups in total. The number of aromatic nitrogens is 2. The maximum Gasteiger partial charge on any atom is 0.249 e. The van der Waals surface area contributed by atoms with Gasteiger partial charge in [0, 0.05) is 5.56 Å². The van der Waals surface area contributed by atoms with Crippen molar-refractivity contribution in [1.29, 1.82) is 0 Å². The van der Waals surface area contributed by atoms with Crippen molar-refractivity contribution in [2.45, 2.75) is 0 Å². The van der Waals surface area contributed by atoms with Crippen molar-refractivity contribution in [3.05, 3.63) is 59.4 Å². The molecule has 0 saturated carbocycles. The van der Waals surface area contributed by atoms with Gasteiger partial charge in [0.1, 0.15) is 5.82 Å². The van der Waals surface area contributed by atoms with Gasteiger partial charge in [0.25, 0.3) is 0 Å². The zero-order valence-corrected chi connectivity index (χ0v) is 10.4. The van der Waals surface area contributed by atoms with Crippen molar-refractivity contribution in [2.75, 3.05) is 0 Å². The van der Waals surface area contributed by atoms with Crippen molar-refractivity contribution in [3.63, 3.8) is 0 Å². The van der Waals surface area contributed by atoms with Gasteiger partial charge in [0.05, 0.1) is 10.6 Å². The molecule has 3 aromatic rings. The molecule has 1 aromatic heterocycles. The molecule has 5 heteroatoms. The minimum Gasteiger partial charge on any atom is -0.416 e. The molecule has 0 aliphatic carbocycles. The van der Waals surface area contributed by atoms with Crippen molar-refractivity contribution in [1.82, 2.24) is 10.2 Å². The van der Waals surface area contributed by atoms with Crippen molar-refractivity contribution in [3.8, 4) is 22.9 Å². The lowest BCUT2D eigenvalue weighted by Crippen LogP contribution is -1.79. The van der Waals surface area contributed by atoms with Crippen LogP contribution in [0.3, 0.4) is 0 Å². The lowest BCUT2D eigenvalue weighted by atomic mass is 10.2. The van der Waals surface area contributed by atoms with E-state index in [2.05, 4.69) is 10.2 Å². The molecule has 0 aliphatic heterocycles. The van der Waals surface area contributed by atoms with Crippen LogP contribution < -0.4 is 0 Å². The highest BCUT2D eigenvalue weighted by Crippen LogP contribution is 2.28. The summed E-state index contributed by atoms with van der Waals surface area (Å²) >= 11 is 6.05. The Balaban J connectivity index is 2.03. The van der Waals surface area contributed by atoms with Gasteiger partial charge >= 0.3 is 0 Å². The van der Waals surface area contributed by atoms with Crippen LogP contribution in [0.15, 0.2) is 52.9 Å². The monoisotopic (exact) mass is 274 g/mol. The molecule has 0 unspecified atom stereocenters. The van der Waals surface area contributed by atoms with Gasteiger partial charge in [-0.2, -0.15) is 0 Å². The van der Waals surface area contributed by atoms with Gasteiger partial charge in [-0.3, -0.25) is 0 Å². The number of nitrogens with zero attached hydrogens (tertiary/aromatic N) is 2. The number of hydrogen-bond donors (Lipinski definition) is 0. The summed E-state index contributed by atoms with van der Waals surface area (Å²) in [7, 11) is 0. The second kappa shape index (κ2) is 4.82. The Morgan fingerprint density at radius 2 is 1.74 bits per heavy atom. The standard InChI is InChI=1S/C14H8ClFN2O/c15-12-7-2-1-6-11(12)14-18-17-13(19-14)9-4-3-5-10(16)8-9/h1-8H. The Morgan fingerprint density at radius 1 is 0.947 bits per heavy atom. The summed E-state index contributed by atoms with van der Waals surface area (Å²) in [6.07, 6.45) is 0. The summed E-state index contributed by atoms with van der Waals surface area (Å²) in [4.78, 5) is 0. The summed E-state index contributed by atoms with van der Waals surface area (Å²) in [6.45, 7) is 0. The van der Waals surface area contributed by atoms with E-state index in [1.165, 1.54) is 12.1 Å². The predicted molar refractivity (Wildman–Crippen MR) is 70.1 cm³/mol.